The maximum Gasteiger partial charge on any atom is 0.151 e. The van der Waals surface area contributed by atoms with Crippen LogP contribution in [0.5, 0.6) is 0 Å². The second-order valence-corrected chi connectivity index (χ2v) is 5.26. The van der Waals surface area contributed by atoms with Crippen molar-refractivity contribution in [3.8, 4) is 0 Å². The maximum absolute atomic E-state index is 9.57. The number of aryl methyl sites for hydroxylation is 2. The van der Waals surface area contributed by atoms with E-state index in [4.69, 9.17) is 5.73 Å². The minimum absolute atomic E-state index is 0.166. The summed E-state index contributed by atoms with van der Waals surface area (Å²) >= 11 is 0. The highest BCUT2D eigenvalue weighted by Crippen LogP contribution is 2.34. The highest BCUT2D eigenvalue weighted by Gasteiger charge is 2.34. The Labute approximate surface area is 109 Å². The average molecular weight is 252 g/mol. The van der Waals surface area contributed by atoms with Gasteiger partial charge >= 0.3 is 0 Å². The highest BCUT2D eigenvalue weighted by atomic mass is 16.3. The molecule has 1 saturated heterocycles. The van der Waals surface area contributed by atoms with Gasteiger partial charge in [0.05, 0.1) is 24.0 Å². The summed E-state index contributed by atoms with van der Waals surface area (Å²) in [7, 11) is 0. The maximum atomic E-state index is 9.57. The number of aliphatic hydroxyl groups is 1. The number of hydrogen-bond donors (Lipinski definition) is 2. The molecule has 5 heteroatoms. The van der Waals surface area contributed by atoms with E-state index in [9.17, 15) is 5.11 Å². The van der Waals surface area contributed by atoms with Gasteiger partial charge in [0, 0.05) is 13.1 Å². The SMILES string of the molecule is CCCn1nc(C)c(N)c1N1CCC(C)C1CO. The number of rotatable bonds is 4. The smallest absolute Gasteiger partial charge is 0.151 e. The number of nitrogens with two attached hydrogens (primary N) is 1. The number of nitrogens with zero attached hydrogens (tertiary/aromatic N) is 3. The largest absolute Gasteiger partial charge is 0.394 e. The molecule has 0 saturated carbocycles. The van der Waals surface area contributed by atoms with E-state index in [0.29, 0.717) is 5.92 Å². The van der Waals surface area contributed by atoms with Crippen molar-refractivity contribution in [1.29, 1.82) is 0 Å². The standard InChI is InChI=1S/C13H24N4O/c1-4-6-17-13(12(14)10(3)15-17)16-7-5-9(2)11(16)8-18/h9,11,18H,4-8,14H2,1-3H3. The molecule has 18 heavy (non-hydrogen) atoms. The Bertz CT molecular complexity index is 415. The molecule has 0 radical (unpaired) electrons. The number of aliphatic hydroxyl groups excluding tert-OH is 1. The van der Waals surface area contributed by atoms with Gasteiger partial charge in [-0.05, 0) is 25.7 Å². The zero-order valence-electron chi connectivity index (χ0n) is 11.6. The highest BCUT2D eigenvalue weighted by molar-refractivity contribution is 5.67. The van der Waals surface area contributed by atoms with Gasteiger partial charge in [-0.2, -0.15) is 5.10 Å². The molecule has 1 aliphatic rings. The third-order valence-electron chi connectivity index (χ3n) is 3.92. The van der Waals surface area contributed by atoms with Crippen molar-refractivity contribution in [2.75, 3.05) is 23.8 Å². The van der Waals surface area contributed by atoms with Crippen LogP contribution in [0.1, 0.15) is 32.4 Å². The quantitative estimate of drug-likeness (QED) is 0.850. The molecule has 1 aromatic heterocycles. The van der Waals surface area contributed by atoms with Gasteiger partial charge in [-0.15, -0.1) is 0 Å². The molecule has 2 rings (SSSR count). The lowest BCUT2D eigenvalue weighted by molar-refractivity contribution is 0.244. The van der Waals surface area contributed by atoms with E-state index in [0.717, 1.165) is 43.1 Å². The third-order valence-corrected chi connectivity index (χ3v) is 3.92. The number of anilines is 2. The van der Waals surface area contributed by atoms with Crippen LogP contribution < -0.4 is 10.6 Å². The summed E-state index contributed by atoms with van der Waals surface area (Å²) in [5.41, 5.74) is 7.81. The third kappa shape index (κ3) is 2.07. The summed E-state index contributed by atoms with van der Waals surface area (Å²) in [6.45, 7) is 8.26. The van der Waals surface area contributed by atoms with Crippen molar-refractivity contribution < 1.29 is 5.11 Å². The van der Waals surface area contributed by atoms with Crippen molar-refractivity contribution in [2.45, 2.75) is 46.2 Å². The summed E-state index contributed by atoms with van der Waals surface area (Å²) in [4.78, 5) is 2.23. The van der Waals surface area contributed by atoms with Crippen LogP contribution in [-0.2, 0) is 6.54 Å². The van der Waals surface area contributed by atoms with Gasteiger partial charge in [-0.3, -0.25) is 0 Å². The molecular weight excluding hydrogens is 228 g/mol. The molecule has 0 bridgehead atoms. The molecule has 0 spiro atoms. The van der Waals surface area contributed by atoms with Crippen molar-refractivity contribution >= 4 is 11.5 Å². The topological polar surface area (TPSA) is 67.3 Å². The molecule has 1 aliphatic heterocycles. The summed E-state index contributed by atoms with van der Waals surface area (Å²) in [6, 6.07) is 0.166. The van der Waals surface area contributed by atoms with Crippen LogP contribution in [0.2, 0.25) is 0 Å². The Hall–Kier alpha value is -1.23. The lowest BCUT2D eigenvalue weighted by Crippen LogP contribution is -2.37. The fourth-order valence-corrected chi connectivity index (χ4v) is 2.80. The van der Waals surface area contributed by atoms with Gasteiger partial charge in [0.25, 0.3) is 0 Å². The van der Waals surface area contributed by atoms with Gasteiger partial charge in [-0.25, -0.2) is 4.68 Å². The van der Waals surface area contributed by atoms with Gasteiger partial charge in [-0.1, -0.05) is 13.8 Å². The Balaban J connectivity index is 2.37. The number of nitrogen functional groups attached to an aromatic ring is 1. The van der Waals surface area contributed by atoms with Crippen LogP contribution in [0.15, 0.2) is 0 Å². The molecule has 2 unspecified atom stereocenters. The number of hydrogen-bond acceptors (Lipinski definition) is 4. The van der Waals surface area contributed by atoms with Gasteiger partial charge in [0.1, 0.15) is 0 Å². The Morgan fingerprint density at radius 3 is 2.83 bits per heavy atom. The molecule has 5 nitrogen and oxygen atoms in total. The molecule has 2 heterocycles. The summed E-state index contributed by atoms with van der Waals surface area (Å²) in [5, 5.41) is 14.1. The predicted molar refractivity (Wildman–Crippen MR) is 73.7 cm³/mol. The Kier molecular flexibility index (Phi) is 3.80. The lowest BCUT2D eigenvalue weighted by Gasteiger charge is -2.28. The van der Waals surface area contributed by atoms with Crippen LogP contribution >= 0.6 is 0 Å². The summed E-state index contributed by atoms with van der Waals surface area (Å²) in [5.74, 6) is 1.50. The van der Waals surface area contributed by atoms with Crippen LogP contribution in [-0.4, -0.2) is 34.1 Å². The van der Waals surface area contributed by atoms with Crippen molar-refractivity contribution in [3.05, 3.63) is 5.69 Å². The first-order valence-corrected chi connectivity index (χ1v) is 6.80. The van der Waals surface area contributed by atoms with Crippen LogP contribution in [0, 0.1) is 12.8 Å². The van der Waals surface area contributed by atoms with Crippen molar-refractivity contribution in [2.24, 2.45) is 5.92 Å². The summed E-state index contributed by atoms with van der Waals surface area (Å²) in [6.07, 6.45) is 2.13. The van der Waals surface area contributed by atoms with E-state index in [1.807, 2.05) is 11.6 Å². The predicted octanol–water partition coefficient (Wildman–Crippen LogP) is 1.39. The minimum atomic E-state index is 0.166. The lowest BCUT2D eigenvalue weighted by atomic mass is 10.0. The Morgan fingerprint density at radius 1 is 1.50 bits per heavy atom. The molecular formula is C13H24N4O. The van der Waals surface area contributed by atoms with E-state index >= 15 is 0 Å². The first kappa shape index (κ1) is 13.2. The molecule has 1 aromatic rings. The fourth-order valence-electron chi connectivity index (χ4n) is 2.80. The first-order chi connectivity index (χ1) is 8.60. The monoisotopic (exact) mass is 252 g/mol. The van der Waals surface area contributed by atoms with Crippen LogP contribution in [0.3, 0.4) is 0 Å². The Morgan fingerprint density at radius 2 is 2.22 bits per heavy atom. The van der Waals surface area contributed by atoms with Crippen molar-refractivity contribution in [3.63, 3.8) is 0 Å². The van der Waals surface area contributed by atoms with Crippen LogP contribution in [0.4, 0.5) is 11.5 Å². The molecule has 0 aromatic carbocycles. The molecule has 3 N–H and O–H groups in total. The van der Waals surface area contributed by atoms with E-state index in [1.54, 1.807) is 0 Å². The van der Waals surface area contributed by atoms with E-state index in [2.05, 4.69) is 23.8 Å². The second kappa shape index (κ2) is 5.18. The normalized spacial score (nSPS) is 23.9. The average Bonchev–Trinajstić information content (AvgIpc) is 2.82. The molecule has 0 amide bonds. The van der Waals surface area contributed by atoms with E-state index in [-0.39, 0.29) is 12.6 Å². The molecule has 2 atom stereocenters. The number of aromatic nitrogens is 2. The minimum Gasteiger partial charge on any atom is -0.394 e. The molecule has 102 valence electrons. The first-order valence-electron chi connectivity index (χ1n) is 6.80. The van der Waals surface area contributed by atoms with Gasteiger partial charge in [0.15, 0.2) is 5.82 Å². The fraction of sp³-hybridized carbons (Fsp3) is 0.769. The summed E-state index contributed by atoms with van der Waals surface area (Å²) < 4.78 is 1.99. The van der Waals surface area contributed by atoms with Crippen LogP contribution in [0.25, 0.3) is 0 Å². The van der Waals surface area contributed by atoms with Gasteiger partial charge in [0.2, 0.25) is 0 Å². The second-order valence-electron chi connectivity index (χ2n) is 5.26. The van der Waals surface area contributed by atoms with E-state index in [1.165, 1.54) is 0 Å². The zero-order valence-corrected chi connectivity index (χ0v) is 11.6. The van der Waals surface area contributed by atoms with Crippen molar-refractivity contribution in [1.82, 2.24) is 9.78 Å². The van der Waals surface area contributed by atoms with Gasteiger partial charge < -0.3 is 15.7 Å². The van der Waals surface area contributed by atoms with E-state index < -0.39 is 0 Å². The molecule has 1 fully saturated rings. The molecule has 0 aliphatic carbocycles. The zero-order chi connectivity index (χ0) is 13.3.